The van der Waals surface area contributed by atoms with Crippen LogP contribution in [-0.4, -0.2) is 42.4 Å². The molecule has 0 aliphatic heterocycles. The van der Waals surface area contributed by atoms with E-state index < -0.39 is 33.1 Å². The summed E-state index contributed by atoms with van der Waals surface area (Å²) in [4.78, 5) is 26.2. The molecule has 1 heterocycles. The van der Waals surface area contributed by atoms with Crippen LogP contribution in [-0.2, 0) is 14.6 Å². The number of carbonyl (C=O) groups excluding carboxylic acids is 1. The van der Waals surface area contributed by atoms with E-state index in [0.29, 0.717) is 0 Å². The second kappa shape index (κ2) is 5.68. The summed E-state index contributed by atoms with van der Waals surface area (Å²) in [6.45, 7) is 4.93. The third-order valence-electron chi connectivity index (χ3n) is 2.14. The molecule has 9 heteroatoms. The monoisotopic (exact) mass is 316 g/mol. The van der Waals surface area contributed by atoms with E-state index in [2.05, 4.69) is 10.3 Å². The van der Waals surface area contributed by atoms with Crippen molar-refractivity contribution < 1.29 is 27.9 Å². The Labute approximate surface area is 122 Å². The normalized spacial score (nSPS) is 11.8. The first-order chi connectivity index (χ1) is 9.40. The molecule has 116 valence electrons. The Morgan fingerprint density at radius 1 is 1.33 bits per heavy atom. The second-order valence-corrected chi connectivity index (χ2v) is 7.29. The van der Waals surface area contributed by atoms with E-state index in [9.17, 15) is 18.0 Å². The number of nitrogens with one attached hydrogen (secondary N) is 1. The summed E-state index contributed by atoms with van der Waals surface area (Å²) in [6.07, 6.45) is 1.01. The summed E-state index contributed by atoms with van der Waals surface area (Å²) in [5.41, 5.74) is -1.20. The number of nitrogens with zero attached hydrogens (tertiary/aromatic N) is 1. The third-order valence-corrected chi connectivity index (χ3v) is 3.22. The maximum absolute atomic E-state index is 11.6. The average Bonchev–Trinajstić information content (AvgIpc) is 2.24. The number of anilines is 1. The van der Waals surface area contributed by atoms with E-state index in [4.69, 9.17) is 9.84 Å². The molecule has 1 rings (SSSR count). The van der Waals surface area contributed by atoms with E-state index in [1.807, 2.05) is 0 Å². The molecule has 21 heavy (non-hydrogen) atoms. The molecule has 1 aromatic heterocycles. The maximum atomic E-state index is 11.6. The van der Waals surface area contributed by atoms with Gasteiger partial charge in [-0.3, -0.25) is 5.32 Å². The van der Waals surface area contributed by atoms with Crippen molar-refractivity contribution in [3.63, 3.8) is 0 Å². The van der Waals surface area contributed by atoms with Crippen LogP contribution in [0.25, 0.3) is 0 Å². The van der Waals surface area contributed by atoms with Crippen LogP contribution in [0.2, 0.25) is 0 Å². The van der Waals surface area contributed by atoms with Crippen molar-refractivity contribution in [2.45, 2.75) is 31.3 Å². The summed E-state index contributed by atoms with van der Waals surface area (Å²) >= 11 is 0. The highest BCUT2D eigenvalue weighted by molar-refractivity contribution is 7.90. The van der Waals surface area contributed by atoms with Crippen LogP contribution >= 0.6 is 0 Å². The number of aromatic nitrogens is 1. The summed E-state index contributed by atoms with van der Waals surface area (Å²) in [5, 5.41) is 11.3. The van der Waals surface area contributed by atoms with Gasteiger partial charge in [0.1, 0.15) is 17.0 Å². The molecule has 0 saturated carbocycles. The molecule has 0 bridgehead atoms. The Bertz CT molecular complexity index is 675. The maximum Gasteiger partial charge on any atom is 0.413 e. The molecule has 0 fully saturated rings. The minimum absolute atomic E-state index is 0.255. The molecule has 0 aromatic carbocycles. The SMILES string of the molecule is CC(C)(C)OC(=O)Nc1ncc(S(C)(=O)=O)cc1C(=O)O. The minimum atomic E-state index is -3.60. The van der Waals surface area contributed by atoms with Crippen LogP contribution in [0.1, 0.15) is 31.1 Å². The number of carboxylic acid groups (broad SMARTS) is 1. The Hall–Kier alpha value is -2.16. The average molecular weight is 316 g/mol. The van der Waals surface area contributed by atoms with E-state index in [-0.39, 0.29) is 10.7 Å². The first-order valence-corrected chi connectivity index (χ1v) is 7.73. The minimum Gasteiger partial charge on any atom is -0.478 e. The molecule has 8 nitrogen and oxygen atoms in total. The third kappa shape index (κ3) is 5.03. The highest BCUT2D eigenvalue weighted by Crippen LogP contribution is 2.18. The van der Waals surface area contributed by atoms with Crippen molar-refractivity contribution in [3.8, 4) is 0 Å². The van der Waals surface area contributed by atoms with Crippen LogP contribution in [0.5, 0.6) is 0 Å². The number of rotatable bonds is 3. The van der Waals surface area contributed by atoms with Crippen molar-refractivity contribution in [1.29, 1.82) is 0 Å². The summed E-state index contributed by atoms with van der Waals surface area (Å²) in [6, 6.07) is 0.928. The van der Waals surface area contributed by atoms with E-state index in [1.54, 1.807) is 20.8 Å². The number of pyridine rings is 1. The van der Waals surface area contributed by atoms with Gasteiger partial charge in [-0.05, 0) is 26.8 Å². The van der Waals surface area contributed by atoms with Gasteiger partial charge in [-0.1, -0.05) is 0 Å². The van der Waals surface area contributed by atoms with Crippen LogP contribution in [0.4, 0.5) is 10.6 Å². The van der Waals surface area contributed by atoms with Gasteiger partial charge in [-0.2, -0.15) is 0 Å². The van der Waals surface area contributed by atoms with Gasteiger partial charge in [-0.25, -0.2) is 23.0 Å². The molecule has 0 radical (unpaired) electrons. The zero-order chi connectivity index (χ0) is 16.4. The highest BCUT2D eigenvalue weighted by Gasteiger charge is 2.21. The summed E-state index contributed by atoms with van der Waals surface area (Å²) < 4.78 is 27.7. The van der Waals surface area contributed by atoms with E-state index in [0.717, 1.165) is 18.5 Å². The van der Waals surface area contributed by atoms with Crippen molar-refractivity contribution >= 4 is 27.7 Å². The lowest BCUT2D eigenvalue weighted by molar-refractivity contribution is 0.0635. The van der Waals surface area contributed by atoms with Crippen LogP contribution in [0.3, 0.4) is 0 Å². The van der Waals surface area contributed by atoms with Crippen LogP contribution < -0.4 is 5.32 Å². The Kier molecular flexibility index (Phi) is 4.57. The first-order valence-electron chi connectivity index (χ1n) is 5.83. The number of carboxylic acids is 1. The Morgan fingerprint density at radius 3 is 2.33 bits per heavy atom. The van der Waals surface area contributed by atoms with Gasteiger partial charge in [0.05, 0.1) is 4.90 Å². The second-order valence-electron chi connectivity index (χ2n) is 5.27. The van der Waals surface area contributed by atoms with Gasteiger partial charge in [0, 0.05) is 12.5 Å². The van der Waals surface area contributed by atoms with Crippen LogP contribution in [0, 0.1) is 0 Å². The Morgan fingerprint density at radius 2 is 1.90 bits per heavy atom. The van der Waals surface area contributed by atoms with E-state index in [1.165, 1.54) is 0 Å². The van der Waals surface area contributed by atoms with Gasteiger partial charge in [-0.15, -0.1) is 0 Å². The largest absolute Gasteiger partial charge is 0.478 e. The number of hydrogen-bond donors (Lipinski definition) is 2. The predicted octanol–water partition coefficient (Wildman–Crippen LogP) is 1.53. The Balaban J connectivity index is 3.14. The summed E-state index contributed by atoms with van der Waals surface area (Å²) in [7, 11) is -3.60. The number of carbonyl (C=O) groups is 2. The smallest absolute Gasteiger partial charge is 0.413 e. The standard InChI is InChI=1S/C12H16N2O6S/c1-12(2,3)20-11(17)14-9-8(10(15)16)5-7(6-13-9)21(4,18)19/h5-6H,1-4H3,(H,15,16)(H,13,14,17). The number of hydrogen-bond acceptors (Lipinski definition) is 6. The van der Waals surface area contributed by atoms with Gasteiger partial charge >= 0.3 is 12.1 Å². The number of sulfone groups is 1. The molecule has 0 aliphatic carbocycles. The lowest BCUT2D eigenvalue weighted by Crippen LogP contribution is -2.28. The van der Waals surface area contributed by atoms with Gasteiger partial charge < -0.3 is 9.84 Å². The number of ether oxygens (including phenoxy) is 1. The molecular weight excluding hydrogens is 300 g/mol. The van der Waals surface area contributed by atoms with Crippen molar-refractivity contribution in [2.24, 2.45) is 0 Å². The molecule has 0 saturated heterocycles. The van der Waals surface area contributed by atoms with Crippen molar-refractivity contribution in [3.05, 3.63) is 17.8 Å². The van der Waals surface area contributed by atoms with Gasteiger partial charge in [0.25, 0.3) is 0 Å². The molecule has 1 amide bonds. The van der Waals surface area contributed by atoms with Crippen LogP contribution in [0.15, 0.2) is 17.2 Å². The van der Waals surface area contributed by atoms with Gasteiger partial charge in [0.2, 0.25) is 0 Å². The molecule has 1 aromatic rings. The lowest BCUT2D eigenvalue weighted by Gasteiger charge is -2.19. The molecule has 0 atom stereocenters. The fourth-order valence-corrected chi connectivity index (χ4v) is 1.89. The molecular formula is C12H16N2O6S. The van der Waals surface area contributed by atoms with Crippen molar-refractivity contribution in [2.75, 3.05) is 11.6 Å². The molecule has 2 N–H and O–H groups in total. The lowest BCUT2D eigenvalue weighted by atomic mass is 10.2. The predicted molar refractivity (Wildman–Crippen MR) is 74.2 cm³/mol. The molecule has 0 aliphatic rings. The zero-order valence-corrected chi connectivity index (χ0v) is 12.8. The number of aromatic carboxylic acids is 1. The highest BCUT2D eigenvalue weighted by atomic mass is 32.2. The molecule has 0 unspecified atom stereocenters. The number of amides is 1. The quantitative estimate of drug-likeness (QED) is 0.866. The summed E-state index contributed by atoms with van der Waals surface area (Å²) in [5.74, 6) is -1.71. The fourth-order valence-electron chi connectivity index (χ4n) is 1.31. The van der Waals surface area contributed by atoms with Crippen molar-refractivity contribution in [1.82, 2.24) is 4.98 Å². The zero-order valence-electron chi connectivity index (χ0n) is 12.0. The van der Waals surface area contributed by atoms with Gasteiger partial charge in [0.15, 0.2) is 9.84 Å². The topological polar surface area (TPSA) is 123 Å². The molecule has 0 spiro atoms. The fraction of sp³-hybridized carbons (Fsp3) is 0.417. The van der Waals surface area contributed by atoms with E-state index >= 15 is 0 Å². The first kappa shape index (κ1) is 16.9.